The summed E-state index contributed by atoms with van der Waals surface area (Å²) < 4.78 is 43.5. The summed E-state index contributed by atoms with van der Waals surface area (Å²) in [6.45, 7) is -0.511. The number of nitrogens with one attached hydrogen (secondary N) is 1. The van der Waals surface area contributed by atoms with Crippen molar-refractivity contribution in [1.29, 1.82) is 5.26 Å². The molecule has 0 aliphatic rings. The molecule has 40 heavy (non-hydrogen) atoms. The molecule has 9 heteroatoms. The van der Waals surface area contributed by atoms with Crippen molar-refractivity contribution in [2.45, 2.75) is 20.0 Å². The van der Waals surface area contributed by atoms with Gasteiger partial charge in [0.05, 0.1) is 39.5 Å². The fraction of sp³-hybridized carbons (Fsp3) is 0.226. The number of rotatable bonds is 12. The van der Waals surface area contributed by atoms with Gasteiger partial charge in [0.2, 0.25) is 0 Å². The van der Waals surface area contributed by atoms with Crippen LogP contribution in [0.15, 0.2) is 73.0 Å². The number of hydrogen-bond acceptors (Lipinski definition) is 8. The third kappa shape index (κ3) is 7.35. The second-order valence-electron chi connectivity index (χ2n) is 8.96. The van der Waals surface area contributed by atoms with Gasteiger partial charge in [-0.05, 0) is 63.5 Å². The first-order chi connectivity index (χ1) is 20.8. The fourth-order valence-electron chi connectivity index (χ4n) is 3.82. The molecule has 0 spiro atoms. The van der Waals surface area contributed by atoms with Crippen molar-refractivity contribution in [3.63, 3.8) is 0 Å². The van der Waals surface area contributed by atoms with Gasteiger partial charge < -0.3 is 19.7 Å². The van der Waals surface area contributed by atoms with E-state index in [0.717, 1.165) is 5.69 Å². The number of carbonyl (C=O) groups is 1. The lowest BCUT2D eigenvalue weighted by Crippen LogP contribution is -2.11. The minimum absolute atomic E-state index is 0.0610. The lowest BCUT2D eigenvalue weighted by Gasteiger charge is -2.16. The number of nitrogens with zero attached hydrogens (tertiary/aromatic N) is 4. The molecule has 0 fully saturated rings. The second-order valence-corrected chi connectivity index (χ2v) is 9.37. The second kappa shape index (κ2) is 13.6. The number of ether oxygens (including phenoxy) is 2. The van der Waals surface area contributed by atoms with Crippen molar-refractivity contribution in [2.24, 2.45) is 0 Å². The number of anilines is 2. The van der Waals surface area contributed by atoms with Gasteiger partial charge in [-0.15, -0.1) is 0 Å². The number of allylic oxidation sites excluding steroid dienone is 1. The molecule has 0 aliphatic carbocycles. The monoisotopic (exact) mass is 559 g/mol. The lowest BCUT2D eigenvalue weighted by molar-refractivity contribution is -0.114. The van der Waals surface area contributed by atoms with E-state index in [-0.39, 0.29) is 42.5 Å². The number of aromatic nitrogens is 2. The number of halogens is 1. The highest BCUT2D eigenvalue weighted by Gasteiger charge is 2.16. The number of benzene rings is 2. The van der Waals surface area contributed by atoms with Crippen molar-refractivity contribution < 1.29 is 19.8 Å². The van der Waals surface area contributed by atoms with Crippen LogP contribution in [0.2, 0.25) is 5.02 Å². The maximum Gasteiger partial charge on any atom is 0.159 e. The van der Waals surface area contributed by atoms with E-state index in [2.05, 4.69) is 21.4 Å². The van der Waals surface area contributed by atoms with Crippen LogP contribution in [0.1, 0.15) is 29.2 Å². The van der Waals surface area contributed by atoms with Gasteiger partial charge in [-0.2, -0.15) is 5.26 Å². The van der Waals surface area contributed by atoms with Gasteiger partial charge >= 0.3 is 0 Å². The van der Waals surface area contributed by atoms with E-state index in [4.69, 9.17) is 26.6 Å². The standard InChI is InChI=1S/C31H30ClN5O3/c1-4-39-30-17-28-26(15-21(30)14-25(38)9-7-13-37(2)3)31(22(18-33)19-35-28)36-23-10-11-29(27(32)16-23)40-20-24-8-5-6-12-34-24/h5-12,15-17,19H,4,13-14,20H2,1-3H3,(H,35,36)/b9-7+/i4D2,7D,9D. The number of ketones is 1. The van der Waals surface area contributed by atoms with Crippen LogP contribution in [0.4, 0.5) is 11.4 Å². The van der Waals surface area contributed by atoms with Gasteiger partial charge in [0.1, 0.15) is 24.2 Å². The highest BCUT2D eigenvalue weighted by molar-refractivity contribution is 6.32. The SMILES string of the molecule is [2H]/C(CN(C)C)=C(/[2H])C(=O)Cc1cc2c(Nc3ccc(OCc4ccccn4)c(Cl)c3)c(C#N)cnc2cc1OC([2H])([2H])C. The Hall–Kier alpha value is -4.45. The van der Waals surface area contributed by atoms with E-state index in [1.54, 1.807) is 49.5 Å². The molecule has 0 saturated heterocycles. The summed E-state index contributed by atoms with van der Waals surface area (Å²) >= 11 is 6.51. The average Bonchev–Trinajstić information content (AvgIpc) is 2.96. The Bertz CT molecular complexity index is 1760. The molecule has 0 bridgehead atoms. The van der Waals surface area contributed by atoms with Gasteiger partial charge in [-0.25, -0.2) is 0 Å². The first kappa shape index (κ1) is 23.4. The summed E-state index contributed by atoms with van der Waals surface area (Å²) in [4.78, 5) is 23.3. The van der Waals surface area contributed by atoms with Gasteiger partial charge in [-0.1, -0.05) is 23.7 Å². The molecule has 0 saturated carbocycles. The molecule has 0 unspecified atom stereocenters. The zero-order chi connectivity index (χ0) is 32.0. The van der Waals surface area contributed by atoms with Crippen molar-refractivity contribution in [2.75, 3.05) is 32.5 Å². The normalized spacial score (nSPS) is 13.4. The van der Waals surface area contributed by atoms with Crippen LogP contribution in [0.5, 0.6) is 11.5 Å². The smallest absolute Gasteiger partial charge is 0.159 e. The van der Waals surface area contributed by atoms with E-state index in [9.17, 15) is 10.1 Å². The summed E-state index contributed by atoms with van der Waals surface area (Å²) in [5.74, 6) is -0.128. The molecule has 0 aliphatic heterocycles. The maximum atomic E-state index is 13.1. The number of pyridine rings is 2. The average molecular weight is 560 g/mol. The van der Waals surface area contributed by atoms with Gasteiger partial charge in [0.25, 0.3) is 0 Å². The summed E-state index contributed by atoms with van der Waals surface area (Å²) in [6.07, 6.45) is 2.72. The third-order valence-electron chi connectivity index (χ3n) is 5.66. The van der Waals surface area contributed by atoms with E-state index < -0.39 is 18.4 Å². The minimum atomic E-state index is -2.08. The number of carbonyl (C=O) groups excluding carboxylic acids is 1. The molecule has 0 atom stereocenters. The Morgan fingerprint density at radius 3 is 2.75 bits per heavy atom. The molecular formula is C31H30ClN5O3. The van der Waals surface area contributed by atoms with Crippen molar-refractivity contribution in [3.05, 3.63) is 94.9 Å². The van der Waals surface area contributed by atoms with Crippen molar-refractivity contribution in [1.82, 2.24) is 14.9 Å². The molecule has 2 heterocycles. The lowest BCUT2D eigenvalue weighted by atomic mass is 10.0. The molecule has 204 valence electrons. The summed E-state index contributed by atoms with van der Waals surface area (Å²) in [6, 6.07) is 15.2. The Morgan fingerprint density at radius 2 is 2.05 bits per heavy atom. The van der Waals surface area contributed by atoms with Crippen LogP contribution < -0.4 is 14.8 Å². The topological polar surface area (TPSA) is 100 Å². The Morgan fingerprint density at radius 1 is 1.20 bits per heavy atom. The number of nitriles is 1. The fourth-order valence-corrected chi connectivity index (χ4v) is 4.05. The van der Waals surface area contributed by atoms with Gasteiger partial charge in [0, 0.05) is 48.1 Å². The van der Waals surface area contributed by atoms with E-state index in [1.165, 1.54) is 19.2 Å². The van der Waals surface area contributed by atoms with Crippen LogP contribution in [0, 0.1) is 11.3 Å². The molecule has 4 aromatic rings. The van der Waals surface area contributed by atoms with Crippen LogP contribution in [-0.2, 0) is 17.8 Å². The first-order valence-electron chi connectivity index (χ1n) is 14.3. The Labute approximate surface area is 244 Å². The largest absolute Gasteiger partial charge is 0.494 e. The van der Waals surface area contributed by atoms with E-state index >= 15 is 0 Å². The van der Waals surface area contributed by atoms with E-state index in [0.29, 0.717) is 33.0 Å². The first-order valence-corrected chi connectivity index (χ1v) is 12.7. The minimum Gasteiger partial charge on any atom is -0.494 e. The van der Waals surface area contributed by atoms with Crippen LogP contribution in [0.3, 0.4) is 0 Å². The van der Waals surface area contributed by atoms with Gasteiger partial charge in [-0.3, -0.25) is 14.8 Å². The predicted octanol–water partition coefficient (Wildman–Crippen LogP) is 6.11. The highest BCUT2D eigenvalue weighted by atomic mass is 35.5. The predicted molar refractivity (Wildman–Crippen MR) is 157 cm³/mol. The Balaban J connectivity index is 1.72. The molecule has 4 rings (SSSR count). The quantitative estimate of drug-likeness (QED) is 0.208. The Kier molecular flexibility index (Phi) is 7.95. The number of hydrogen-bond donors (Lipinski definition) is 1. The van der Waals surface area contributed by atoms with Crippen LogP contribution >= 0.6 is 11.6 Å². The van der Waals surface area contributed by atoms with Crippen molar-refractivity contribution in [3.8, 4) is 17.6 Å². The molecule has 0 radical (unpaired) electrons. The van der Waals surface area contributed by atoms with Gasteiger partial charge in [0.15, 0.2) is 5.78 Å². The molecule has 2 aromatic carbocycles. The zero-order valence-corrected chi connectivity index (χ0v) is 23.0. The summed E-state index contributed by atoms with van der Waals surface area (Å²) in [7, 11) is 3.46. The van der Waals surface area contributed by atoms with Crippen LogP contribution in [0.25, 0.3) is 10.9 Å². The molecule has 1 N–H and O–H groups in total. The van der Waals surface area contributed by atoms with E-state index in [1.807, 2.05) is 18.2 Å². The molecular weight excluding hydrogens is 526 g/mol. The summed E-state index contributed by atoms with van der Waals surface area (Å²) in [5.41, 5.74) is 2.52. The molecule has 2 aromatic heterocycles. The number of likely N-dealkylation sites (N-methyl/N-ethyl adjacent to an activating group) is 1. The zero-order valence-electron chi connectivity index (χ0n) is 26.3. The van der Waals surface area contributed by atoms with Crippen molar-refractivity contribution >= 4 is 39.7 Å². The van der Waals surface area contributed by atoms with Crippen LogP contribution in [-0.4, -0.2) is 47.9 Å². The highest BCUT2D eigenvalue weighted by Crippen LogP contribution is 2.36. The summed E-state index contributed by atoms with van der Waals surface area (Å²) in [5, 5.41) is 13.9. The maximum absolute atomic E-state index is 13.1. The molecule has 8 nitrogen and oxygen atoms in total. The molecule has 0 amide bonds. The number of fused-ring (bicyclic) bond motifs is 1. The third-order valence-corrected chi connectivity index (χ3v) is 5.96.